The molecule has 0 aromatic carbocycles. The Bertz CT molecular complexity index is 510. The van der Waals surface area contributed by atoms with Crippen LogP contribution < -0.4 is 5.73 Å². The monoisotopic (exact) mass is 242 g/mol. The summed E-state index contributed by atoms with van der Waals surface area (Å²) >= 11 is 0. The number of aryl methyl sites for hydroxylation is 1. The number of nitrogens with zero attached hydrogens (tertiary/aromatic N) is 3. The first-order valence-electron chi connectivity index (χ1n) is 6.16. The zero-order chi connectivity index (χ0) is 13.0. The smallest absolute Gasteiger partial charge is 0.132 e. The summed E-state index contributed by atoms with van der Waals surface area (Å²) in [4.78, 5) is 13.2. The standard InChI is InChI=1S/C14H18N4/c1-10(5-6-15)14-17-11(2)8-13(18-14)12-4-3-7-16-9-12/h3-4,7-10H,5-6,15H2,1-2H3. The molecular weight excluding hydrogens is 224 g/mol. The van der Waals surface area contributed by atoms with E-state index >= 15 is 0 Å². The minimum atomic E-state index is 0.283. The Morgan fingerprint density at radius 2 is 2.17 bits per heavy atom. The van der Waals surface area contributed by atoms with E-state index < -0.39 is 0 Å². The van der Waals surface area contributed by atoms with Gasteiger partial charge in [-0.05, 0) is 38.1 Å². The lowest BCUT2D eigenvalue weighted by molar-refractivity contribution is 0.645. The van der Waals surface area contributed by atoms with Crippen molar-refractivity contribution >= 4 is 0 Å². The SMILES string of the molecule is Cc1cc(-c2cccnc2)nc(C(C)CCN)n1. The van der Waals surface area contributed by atoms with E-state index in [0.717, 1.165) is 29.2 Å². The van der Waals surface area contributed by atoms with Crippen molar-refractivity contribution < 1.29 is 0 Å². The summed E-state index contributed by atoms with van der Waals surface area (Å²) in [5.41, 5.74) is 8.51. The van der Waals surface area contributed by atoms with E-state index in [1.165, 1.54) is 0 Å². The van der Waals surface area contributed by atoms with Gasteiger partial charge in [0.05, 0.1) is 5.69 Å². The maximum Gasteiger partial charge on any atom is 0.132 e. The summed E-state index contributed by atoms with van der Waals surface area (Å²) in [5.74, 6) is 1.14. The molecule has 4 nitrogen and oxygen atoms in total. The third kappa shape index (κ3) is 2.90. The fourth-order valence-electron chi connectivity index (χ4n) is 1.85. The minimum absolute atomic E-state index is 0.283. The molecule has 2 aromatic rings. The highest BCUT2D eigenvalue weighted by Crippen LogP contribution is 2.20. The predicted octanol–water partition coefficient (Wildman–Crippen LogP) is 2.30. The number of aromatic nitrogens is 3. The predicted molar refractivity (Wildman–Crippen MR) is 72.1 cm³/mol. The van der Waals surface area contributed by atoms with Gasteiger partial charge in [0, 0.05) is 29.6 Å². The Balaban J connectivity index is 2.38. The quantitative estimate of drug-likeness (QED) is 0.893. The first-order chi connectivity index (χ1) is 8.70. The topological polar surface area (TPSA) is 64.7 Å². The van der Waals surface area contributed by atoms with Crippen molar-refractivity contribution in [2.75, 3.05) is 6.54 Å². The van der Waals surface area contributed by atoms with Gasteiger partial charge in [0.25, 0.3) is 0 Å². The molecule has 1 atom stereocenters. The second-order valence-corrected chi connectivity index (χ2v) is 4.47. The lowest BCUT2D eigenvalue weighted by Gasteiger charge is -2.11. The molecule has 0 fully saturated rings. The zero-order valence-corrected chi connectivity index (χ0v) is 10.8. The number of nitrogens with two attached hydrogens (primary N) is 1. The molecule has 0 aliphatic carbocycles. The van der Waals surface area contributed by atoms with Gasteiger partial charge < -0.3 is 5.73 Å². The van der Waals surface area contributed by atoms with E-state index in [1.54, 1.807) is 6.20 Å². The van der Waals surface area contributed by atoms with Gasteiger partial charge in [-0.15, -0.1) is 0 Å². The van der Waals surface area contributed by atoms with Crippen LogP contribution in [0.1, 0.15) is 30.8 Å². The first kappa shape index (κ1) is 12.6. The fraction of sp³-hybridized carbons (Fsp3) is 0.357. The van der Waals surface area contributed by atoms with E-state index in [-0.39, 0.29) is 5.92 Å². The van der Waals surface area contributed by atoms with Crippen LogP contribution in [-0.4, -0.2) is 21.5 Å². The Morgan fingerprint density at radius 3 is 2.83 bits per heavy atom. The van der Waals surface area contributed by atoms with E-state index in [2.05, 4.69) is 21.9 Å². The Labute approximate surface area is 107 Å². The molecule has 0 saturated carbocycles. The molecule has 0 amide bonds. The van der Waals surface area contributed by atoms with Crippen molar-refractivity contribution in [3.8, 4) is 11.3 Å². The van der Waals surface area contributed by atoms with E-state index in [9.17, 15) is 0 Å². The molecule has 18 heavy (non-hydrogen) atoms. The van der Waals surface area contributed by atoms with Gasteiger partial charge >= 0.3 is 0 Å². The summed E-state index contributed by atoms with van der Waals surface area (Å²) in [5, 5.41) is 0. The highest BCUT2D eigenvalue weighted by atomic mass is 14.9. The van der Waals surface area contributed by atoms with Crippen molar-refractivity contribution in [3.05, 3.63) is 42.1 Å². The highest BCUT2D eigenvalue weighted by molar-refractivity contribution is 5.57. The number of hydrogen-bond donors (Lipinski definition) is 1. The molecule has 0 saturated heterocycles. The maximum atomic E-state index is 5.59. The Morgan fingerprint density at radius 1 is 1.33 bits per heavy atom. The second-order valence-electron chi connectivity index (χ2n) is 4.47. The van der Waals surface area contributed by atoms with Crippen molar-refractivity contribution in [2.45, 2.75) is 26.2 Å². The Kier molecular flexibility index (Phi) is 3.99. The van der Waals surface area contributed by atoms with Crippen LogP contribution in [0.2, 0.25) is 0 Å². The second kappa shape index (κ2) is 5.69. The molecule has 0 spiro atoms. The van der Waals surface area contributed by atoms with Gasteiger partial charge in [0.15, 0.2) is 0 Å². The molecule has 2 aromatic heterocycles. The van der Waals surface area contributed by atoms with Gasteiger partial charge in [-0.2, -0.15) is 0 Å². The molecule has 4 heteroatoms. The van der Waals surface area contributed by atoms with Crippen molar-refractivity contribution in [1.29, 1.82) is 0 Å². The molecule has 2 N–H and O–H groups in total. The van der Waals surface area contributed by atoms with Gasteiger partial charge in [-0.1, -0.05) is 6.92 Å². The Hall–Kier alpha value is -1.81. The normalized spacial score (nSPS) is 12.4. The van der Waals surface area contributed by atoms with Crippen LogP contribution in [0, 0.1) is 6.92 Å². The van der Waals surface area contributed by atoms with Crippen LogP contribution in [-0.2, 0) is 0 Å². The van der Waals surface area contributed by atoms with Gasteiger partial charge in [0.1, 0.15) is 5.82 Å². The largest absolute Gasteiger partial charge is 0.330 e. The number of pyridine rings is 1. The van der Waals surface area contributed by atoms with Crippen molar-refractivity contribution in [2.24, 2.45) is 5.73 Å². The number of hydrogen-bond acceptors (Lipinski definition) is 4. The average molecular weight is 242 g/mol. The fourth-order valence-corrected chi connectivity index (χ4v) is 1.85. The van der Waals surface area contributed by atoms with Crippen LogP contribution in [0.15, 0.2) is 30.6 Å². The summed E-state index contributed by atoms with van der Waals surface area (Å²) in [6, 6.07) is 5.90. The van der Waals surface area contributed by atoms with Crippen molar-refractivity contribution in [3.63, 3.8) is 0 Å². The molecule has 2 heterocycles. The summed E-state index contributed by atoms with van der Waals surface area (Å²) in [7, 11) is 0. The highest BCUT2D eigenvalue weighted by Gasteiger charge is 2.11. The van der Waals surface area contributed by atoms with Gasteiger partial charge in [0.2, 0.25) is 0 Å². The third-order valence-electron chi connectivity index (χ3n) is 2.87. The average Bonchev–Trinajstić information content (AvgIpc) is 2.39. The summed E-state index contributed by atoms with van der Waals surface area (Å²) in [6.45, 7) is 4.75. The molecular formula is C14H18N4. The van der Waals surface area contributed by atoms with E-state index in [1.807, 2.05) is 31.3 Å². The third-order valence-corrected chi connectivity index (χ3v) is 2.87. The lowest BCUT2D eigenvalue weighted by Crippen LogP contribution is -2.09. The van der Waals surface area contributed by atoms with Crippen LogP contribution in [0.3, 0.4) is 0 Å². The van der Waals surface area contributed by atoms with Gasteiger partial charge in [-0.3, -0.25) is 4.98 Å². The molecule has 0 bridgehead atoms. The first-order valence-corrected chi connectivity index (χ1v) is 6.16. The summed E-state index contributed by atoms with van der Waals surface area (Å²) < 4.78 is 0. The molecule has 0 radical (unpaired) electrons. The van der Waals surface area contributed by atoms with Crippen LogP contribution in [0.25, 0.3) is 11.3 Å². The maximum absolute atomic E-state index is 5.59. The van der Waals surface area contributed by atoms with Crippen LogP contribution in [0.4, 0.5) is 0 Å². The molecule has 0 aliphatic heterocycles. The zero-order valence-electron chi connectivity index (χ0n) is 10.8. The van der Waals surface area contributed by atoms with E-state index in [4.69, 9.17) is 5.73 Å². The van der Waals surface area contributed by atoms with Gasteiger partial charge in [-0.25, -0.2) is 9.97 Å². The van der Waals surface area contributed by atoms with Crippen LogP contribution >= 0.6 is 0 Å². The lowest BCUT2D eigenvalue weighted by atomic mass is 10.1. The van der Waals surface area contributed by atoms with Crippen molar-refractivity contribution in [1.82, 2.24) is 15.0 Å². The van der Waals surface area contributed by atoms with Crippen LogP contribution in [0.5, 0.6) is 0 Å². The molecule has 0 aliphatic rings. The minimum Gasteiger partial charge on any atom is -0.330 e. The molecule has 94 valence electrons. The molecule has 1 unspecified atom stereocenters. The van der Waals surface area contributed by atoms with E-state index in [0.29, 0.717) is 6.54 Å². The summed E-state index contributed by atoms with van der Waals surface area (Å²) in [6.07, 6.45) is 4.48. The molecule has 2 rings (SSSR count). The number of rotatable bonds is 4.